The topological polar surface area (TPSA) is 63.4 Å². The molecular formula is C2H4ClNO3. The number of aliphatic hydroxyl groups is 1. The van der Waals surface area contributed by atoms with Crippen molar-refractivity contribution in [3.8, 4) is 0 Å². The van der Waals surface area contributed by atoms with Gasteiger partial charge in [-0.3, -0.25) is 10.1 Å². The summed E-state index contributed by atoms with van der Waals surface area (Å²) in [5.41, 5.74) is -1.35. The molecule has 0 rings (SSSR count). The summed E-state index contributed by atoms with van der Waals surface area (Å²) in [5.74, 6) is 0. The molecule has 0 saturated heterocycles. The maximum atomic E-state index is 9.37. The molecule has 0 saturated carbocycles. The van der Waals surface area contributed by atoms with Crippen molar-refractivity contribution in [3.05, 3.63) is 10.1 Å². The van der Waals surface area contributed by atoms with Crippen molar-refractivity contribution < 1.29 is 10.0 Å². The molecule has 0 aliphatic carbocycles. The Morgan fingerprint density at radius 1 is 2.00 bits per heavy atom. The van der Waals surface area contributed by atoms with E-state index in [2.05, 4.69) is 0 Å². The van der Waals surface area contributed by atoms with E-state index in [0.717, 1.165) is 0 Å². The monoisotopic (exact) mass is 125 g/mol. The van der Waals surface area contributed by atoms with Gasteiger partial charge in [-0.1, -0.05) is 11.6 Å². The molecule has 4 nitrogen and oxygen atoms in total. The molecule has 0 spiro atoms. The van der Waals surface area contributed by atoms with Crippen LogP contribution in [0.4, 0.5) is 0 Å². The fourth-order valence-electron chi connectivity index (χ4n) is 0.123. The van der Waals surface area contributed by atoms with E-state index < -0.39 is 17.0 Å². The molecule has 0 aromatic heterocycles. The maximum Gasteiger partial charge on any atom is 0.243 e. The van der Waals surface area contributed by atoms with Gasteiger partial charge in [0.15, 0.2) is 5.56 Å². The van der Waals surface area contributed by atoms with Crippen LogP contribution in [0.2, 0.25) is 0 Å². The van der Waals surface area contributed by atoms with E-state index in [4.69, 9.17) is 16.7 Å². The SMILES string of the molecule is O=[N+]([O-])CC(O)Cl. The molecule has 0 heterocycles. The lowest BCUT2D eigenvalue weighted by Crippen LogP contribution is -2.12. The van der Waals surface area contributed by atoms with Gasteiger partial charge in [0.2, 0.25) is 6.54 Å². The van der Waals surface area contributed by atoms with Crippen LogP contribution in [0.3, 0.4) is 0 Å². The van der Waals surface area contributed by atoms with E-state index >= 15 is 0 Å². The lowest BCUT2D eigenvalue weighted by Gasteiger charge is -1.89. The third-order valence-electron chi connectivity index (χ3n) is 0.300. The van der Waals surface area contributed by atoms with E-state index in [1.165, 1.54) is 0 Å². The summed E-state index contributed by atoms with van der Waals surface area (Å²) in [6.07, 6.45) is 0. The Morgan fingerprint density at radius 3 is 2.43 bits per heavy atom. The summed E-state index contributed by atoms with van der Waals surface area (Å²) in [5, 5.41) is 17.4. The van der Waals surface area contributed by atoms with Gasteiger partial charge in [0.1, 0.15) is 0 Å². The maximum absolute atomic E-state index is 9.37. The van der Waals surface area contributed by atoms with Crippen molar-refractivity contribution >= 4 is 11.6 Å². The minimum atomic E-state index is -1.35. The second-order valence-electron chi connectivity index (χ2n) is 0.950. The molecule has 5 heteroatoms. The van der Waals surface area contributed by atoms with Gasteiger partial charge in [-0.15, -0.1) is 0 Å². The van der Waals surface area contributed by atoms with Crippen molar-refractivity contribution in [2.24, 2.45) is 0 Å². The van der Waals surface area contributed by atoms with Gasteiger partial charge in [0, 0.05) is 4.92 Å². The number of hydrogen-bond acceptors (Lipinski definition) is 3. The van der Waals surface area contributed by atoms with E-state index in [9.17, 15) is 10.1 Å². The molecule has 1 atom stereocenters. The Morgan fingerprint density at radius 2 is 2.43 bits per heavy atom. The Hall–Kier alpha value is -0.350. The third kappa shape index (κ3) is 5.65. The smallest absolute Gasteiger partial charge is 0.243 e. The number of alkyl halides is 1. The summed E-state index contributed by atoms with van der Waals surface area (Å²) in [4.78, 5) is 8.69. The molecule has 0 bridgehead atoms. The summed E-state index contributed by atoms with van der Waals surface area (Å²) < 4.78 is 0. The molecule has 0 aliphatic heterocycles. The van der Waals surface area contributed by atoms with Gasteiger partial charge in [0.05, 0.1) is 0 Å². The molecule has 1 unspecified atom stereocenters. The number of rotatable bonds is 2. The predicted molar refractivity (Wildman–Crippen MR) is 23.7 cm³/mol. The van der Waals surface area contributed by atoms with E-state index in [1.807, 2.05) is 0 Å². The fourth-order valence-corrected chi connectivity index (χ4v) is 0.236. The van der Waals surface area contributed by atoms with Crippen molar-refractivity contribution in [2.45, 2.75) is 5.56 Å². The predicted octanol–water partition coefficient (Wildman–Crippen LogP) is -0.180. The number of aliphatic hydroxyl groups excluding tert-OH is 1. The van der Waals surface area contributed by atoms with Gasteiger partial charge < -0.3 is 5.11 Å². The summed E-state index contributed by atoms with van der Waals surface area (Å²) >= 11 is 4.79. The molecule has 7 heavy (non-hydrogen) atoms. The van der Waals surface area contributed by atoms with E-state index in [-0.39, 0.29) is 0 Å². The number of hydrogen-bond donors (Lipinski definition) is 1. The lowest BCUT2D eigenvalue weighted by molar-refractivity contribution is -0.485. The highest BCUT2D eigenvalue weighted by Gasteiger charge is 2.03. The van der Waals surface area contributed by atoms with E-state index in [0.29, 0.717) is 0 Å². The average Bonchev–Trinajstić information content (AvgIpc) is 1.27. The highest BCUT2D eigenvalue weighted by atomic mass is 35.5. The molecule has 1 N–H and O–H groups in total. The quantitative estimate of drug-likeness (QED) is 0.316. The van der Waals surface area contributed by atoms with Gasteiger partial charge in [-0.2, -0.15) is 0 Å². The van der Waals surface area contributed by atoms with Crippen LogP contribution in [0.5, 0.6) is 0 Å². The normalized spacial score (nSPS) is 13.4. The first kappa shape index (κ1) is 6.65. The molecule has 0 amide bonds. The van der Waals surface area contributed by atoms with Crippen LogP contribution < -0.4 is 0 Å². The molecular weight excluding hydrogens is 121 g/mol. The molecule has 0 radical (unpaired) electrons. The highest BCUT2D eigenvalue weighted by molar-refractivity contribution is 6.19. The molecule has 42 valence electrons. The van der Waals surface area contributed by atoms with E-state index in [1.54, 1.807) is 0 Å². The first-order valence-electron chi connectivity index (χ1n) is 1.57. The zero-order chi connectivity index (χ0) is 5.86. The third-order valence-corrected chi connectivity index (χ3v) is 0.438. The van der Waals surface area contributed by atoms with Crippen LogP contribution in [0.15, 0.2) is 0 Å². The Bertz CT molecular complexity index is 73.3. The largest absolute Gasteiger partial charge is 0.372 e. The van der Waals surface area contributed by atoms with Crippen LogP contribution in [0, 0.1) is 10.1 Å². The van der Waals surface area contributed by atoms with Crippen molar-refractivity contribution in [1.82, 2.24) is 0 Å². The molecule has 0 aromatic carbocycles. The number of nitro groups is 1. The van der Waals surface area contributed by atoms with Crippen LogP contribution >= 0.6 is 11.6 Å². The zero-order valence-corrected chi connectivity index (χ0v) is 4.13. The summed E-state index contributed by atoms with van der Waals surface area (Å²) in [6, 6.07) is 0. The first-order valence-corrected chi connectivity index (χ1v) is 2.00. The zero-order valence-electron chi connectivity index (χ0n) is 3.37. The Labute approximate surface area is 44.9 Å². The van der Waals surface area contributed by atoms with Crippen molar-refractivity contribution in [1.29, 1.82) is 0 Å². The lowest BCUT2D eigenvalue weighted by atomic mass is 10.7. The van der Waals surface area contributed by atoms with Crippen LogP contribution in [0.1, 0.15) is 0 Å². The van der Waals surface area contributed by atoms with Crippen LogP contribution in [0.25, 0.3) is 0 Å². The van der Waals surface area contributed by atoms with Gasteiger partial charge in [-0.25, -0.2) is 0 Å². The Balaban J connectivity index is 3.13. The standard InChI is InChI=1S/C2H4ClNO3/c3-2(5)1-4(6)7/h2,5H,1H2. The first-order chi connectivity index (χ1) is 3.13. The molecule has 0 aromatic rings. The van der Waals surface area contributed by atoms with Crippen molar-refractivity contribution in [3.63, 3.8) is 0 Å². The Kier molecular flexibility index (Phi) is 2.62. The molecule has 0 aliphatic rings. The highest BCUT2D eigenvalue weighted by Crippen LogP contribution is 1.86. The fraction of sp³-hybridized carbons (Fsp3) is 1.00. The number of nitrogens with zero attached hydrogens (tertiary/aromatic N) is 1. The molecule has 0 fully saturated rings. The second-order valence-corrected chi connectivity index (χ2v) is 1.45. The summed E-state index contributed by atoms with van der Waals surface area (Å²) in [6.45, 7) is -0.596. The minimum absolute atomic E-state index is 0.596. The number of halogens is 1. The average molecular weight is 126 g/mol. The van der Waals surface area contributed by atoms with Gasteiger partial charge in [0.25, 0.3) is 0 Å². The van der Waals surface area contributed by atoms with Crippen LogP contribution in [-0.2, 0) is 0 Å². The van der Waals surface area contributed by atoms with Gasteiger partial charge >= 0.3 is 0 Å². The summed E-state index contributed by atoms with van der Waals surface area (Å²) in [7, 11) is 0. The van der Waals surface area contributed by atoms with Crippen molar-refractivity contribution in [2.75, 3.05) is 6.54 Å². The minimum Gasteiger partial charge on any atom is -0.372 e. The van der Waals surface area contributed by atoms with Crippen LogP contribution in [-0.4, -0.2) is 22.1 Å². The van der Waals surface area contributed by atoms with Gasteiger partial charge in [-0.05, 0) is 0 Å². The second kappa shape index (κ2) is 2.76.